The molecule has 1 N–H and O–H groups in total. The quantitative estimate of drug-likeness (QED) is 0.500. The molecule has 2 aliphatic rings. The fourth-order valence-electron chi connectivity index (χ4n) is 1.93. The molecule has 2 fully saturated rings. The van der Waals surface area contributed by atoms with Crippen LogP contribution in [-0.2, 0) is 0 Å². The van der Waals surface area contributed by atoms with Gasteiger partial charge in [-0.2, -0.15) is 0 Å². The molecular formula is C7H14NP. The highest BCUT2D eigenvalue weighted by Gasteiger charge is 2.28. The number of hydrogen-bond donors (Lipinski definition) is 1. The molecule has 0 aromatic carbocycles. The predicted molar refractivity (Wildman–Crippen MR) is 42.6 cm³/mol. The summed E-state index contributed by atoms with van der Waals surface area (Å²) >= 11 is 0. The van der Waals surface area contributed by atoms with E-state index in [-0.39, 0.29) is 0 Å². The summed E-state index contributed by atoms with van der Waals surface area (Å²) in [6.45, 7) is 2.64. The number of hydrogen-bond acceptors (Lipinski definition) is 1. The van der Waals surface area contributed by atoms with Gasteiger partial charge in [0.1, 0.15) is 0 Å². The van der Waals surface area contributed by atoms with E-state index in [1.807, 2.05) is 0 Å². The van der Waals surface area contributed by atoms with Crippen LogP contribution in [-0.4, -0.2) is 24.9 Å². The van der Waals surface area contributed by atoms with E-state index in [1.54, 1.807) is 0 Å². The van der Waals surface area contributed by atoms with E-state index in [4.69, 9.17) is 0 Å². The van der Waals surface area contributed by atoms with E-state index in [0.29, 0.717) is 0 Å². The van der Waals surface area contributed by atoms with Crippen LogP contribution in [0, 0.1) is 5.92 Å². The summed E-state index contributed by atoms with van der Waals surface area (Å²) in [6.07, 6.45) is 4.52. The van der Waals surface area contributed by atoms with Crippen LogP contribution in [0.4, 0.5) is 0 Å². The summed E-state index contributed by atoms with van der Waals surface area (Å²) in [5.74, 6) is 1.07. The smallest absolute Gasteiger partial charge is 0.00198 e. The Bertz CT molecular complexity index is 93.1. The van der Waals surface area contributed by atoms with Crippen molar-refractivity contribution < 1.29 is 0 Å². The van der Waals surface area contributed by atoms with Gasteiger partial charge in [-0.3, -0.25) is 0 Å². The minimum atomic E-state index is 1.07. The van der Waals surface area contributed by atoms with Gasteiger partial charge >= 0.3 is 0 Å². The Kier molecular flexibility index (Phi) is 1.74. The van der Waals surface area contributed by atoms with Crippen LogP contribution in [0.15, 0.2) is 0 Å². The molecule has 2 aliphatic heterocycles. The standard InChI is InChI=1S/C7H14NP/c1-2-6-4-8-5-7(6)9-3-1/h6-9H,1-5H2. The molecule has 0 aliphatic carbocycles. The maximum atomic E-state index is 3.47. The van der Waals surface area contributed by atoms with Crippen molar-refractivity contribution in [3.8, 4) is 0 Å². The van der Waals surface area contributed by atoms with Gasteiger partial charge in [-0.15, -0.1) is 8.58 Å². The van der Waals surface area contributed by atoms with E-state index < -0.39 is 0 Å². The van der Waals surface area contributed by atoms with Crippen LogP contribution < -0.4 is 5.32 Å². The fourth-order valence-corrected chi connectivity index (χ4v) is 3.61. The SMILES string of the molecule is C1CPC2CNCC2C1. The van der Waals surface area contributed by atoms with Crippen LogP contribution in [0.2, 0.25) is 0 Å². The summed E-state index contributed by atoms with van der Waals surface area (Å²) in [6, 6.07) is 0. The molecule has 0 spiro atoms. The van der Waals surface area contributed by atoms with Gasteiger partial charge in [0, 0.05) is 6.54 Å². The molecule has 1 nitrogen and oxygen atoms in total. The van der Waals surface area contributed by atoms with E-state index in [0.717, 1.165) is 11.6 Å². The van der Waals surface area contributed by atoms with Gasteiger partial charge < -0.3 is 5.32 Å². The first-order valence-corrected chi connectivity index (χ1v) is 5.19. The summed E-state index contributed by atoms with van der Waals surface area (Å²) < 4.78 is 0. The second-order valence-electron chi connectivity index (χ2n) is 3.12. The Morgan fingerprint density at radius 3 is 3.22 bits per heavy atom. The van der Waals surface area contributed by atoms with E-state index in [9.17, 15) is 0 Å². The van der Waals surface area contributed by atoms with Crippen LogP contribution in [0.1, 0.15) is 12.8 Å². The first kappa shape index (κ1) is 6.12. The van der Waals surface area contributed by atoms with Gasteiger partial charge in [0.2, 0.25) is 0 Å². The van der Waals surface area contributed by atoms with Gasteiger partial charge in [0.15, 0.2) is 0 Å². The van der Waals surface area contributed by atoms with Crippen molar-refractivity contribution in [2.75, 3.05) is 19.3 Å². The highest BCUT2D eigenvalue weighted by Crippen LogP contribution is 2.37. The van der Waals surface area contributed by atoms with Crippen molar-refractivity contribution in [2.45, 2.75) is 18.5 Å². The Balaban J connectivity index is 1.97. The normalized spacial score (nSPS) is 45.3. The van der Waals surface area contributed by atoms with Crippen molar-refractivity contribution in [3.63, 3.8) is 0 Å². The zero-order valence-electron chi connectivity index (χ0n) is 5.69. The number of fused-ring (bicyclic) bond motifs is 1. The van der Waals surface area contributed by atoms with E-state index in [2.05, 4.69) is 5.32 Å². The predicted octanol–water partition coefficient (Wildman–Crippen LogP) is 1.05. The molecule has 2 heterocycles. The van der Waals surface area contributed by atoms with Gasteiger partial charge in [-0.05, 0) is 37.1 Å². The van der Waals surface area contributed by atoms with Crippen LogP contribution in [0.5, 0.6) is 0 Å². The van der Waals surface area contributed by atoms with Gasteiger partial charge in [0.25, 0.3) is 0 Å². The first-order chi connectivity index (χ1) is 4.47. The van der Waals surface area contributed by atoms with E-state index in [1.165, 1.54) is 40.7 Å². The Labute approximate surface area is 58.4 Å². The zero-order valence-corrected chi connectivity index (χ0v) is 6.69. The minimum Gasteiger partial charge on any atom is -0.316 e. The zero-order chi connectivity index (χ0) is 6.10. The monoisotopic (exact) mass is 143 g/mol. The lowest BCUT2D eigenvalue weighted by molar-refractivity contribution is 0.517. The molecule has 0 aromatic heterocycles. The van der Waals surface area contributed by atoms with Crippen molar-refractivity contribution >= 4 is 8.58 Å². The van der Waals surface area contributed by atoms with Crippen molar-refractivity contribution in [2.24, 2.45) is 5.92 Å². The molecule has 3 atom stereocenters. The van der Waals surface area contributed by atoms with Crippen molar-refractivity contribution in [1.82, 2.24) is 5.32 Å². The second kappa shape index (κ2) is 2.56. The molecule has 0 aromatic rings. The Morgan fingerprint density at radius 1 is 1.33 bits per heavy atom. The summed E-state index contributed by atoms with van der Waals surface area (Å²) in [5.41, 5.74) is 1.08. The first-order valence-electron chi connectivity index (χ1n) is 3.91. The van der Waals surface area contributed by atoms with Gasteiger partial charge in [-0.1, -0.05) is 0 Å². The summed E-state index contributed by atoms with van der Waals surface area (Å²) in [4.78, 5) is 0. The summed E-state index contributed by atoms with van der Waals surface area (Å²) in [5, 5.41) is 3.47. The molecule has 0 bridgehead atoms. The molecule has 2 saturated heterocycles. The topological polar surface area (TPSA) is 12.0 Å². The molecule has 0 saturated carbocycles. The number of nitrogens with one attached hydrogen (secondary N) is 1. The fraction of sp³-hybridized carbons (Fsp3) is 1.00. The van der Waals surface area contributed by atoms with E-state index >= 15 is 0 Å². The molecule has 2 heteroatoms. The Hall–Kier alpha value is 0.390. The Morgan fingerprint density at radius 2 is 2.33 bits per heavy atom. The van der Waals surface area contributed by atoms with Crippen LogP contribution >= 0.6 is 8.58 Å². The molecule has 0 amide bonds. The third kappa shape index (κ3) is 1.13. The summed E-state index contributed by atoms with van der Waals surface area (Å²) in [7, 11) is 1.27. The third-order valence-corrected chi connectivity index (χ3v) is 4.34. The third-order valence-electron chi connectivity index (χ3n) is 2.50. The maximum absolute atomic E-state index is 3.47. The minimum absolute atomic E-state index is 1.07. The van der Waals surface area contributed by atoms with Crippen LogP contribution in [0.3, 0.4) is 0 Å². The van der Waals surface area contributed by atoms with Crippen molar-refractivity contribution in [1.29, 1.82) is 0 Å². The van der Waals surface area contributed by atoms with Gasteiger partial charge in [0.05, 0.1) is 0 Å². The molecule has 0 radical (unpaired) electrons. The second-order valence-corrected chi connectivity index (χ2v) is 4.77. The lowest BCUT2D eigenvalue weighted by Gasteiger charge is -2.23. The maximum Gasteiger partial charge on any atom is 0.00198 e. The lowest BCUT2D eigenvalue weighted by Crippen LogP contribution is -2.18. The largest absolute Gasteiger partial charge is 0.316 e. The van der Waals surface area contributed by atoms with Crippen LogP contribution in [0.25, 0.3) is 0 Å². The lowest BCUT2D eigenvalue weighted by atomic mass is 10.0. The molecule has 52 valence electrons. The average Bonchev–Trinajstić information content (AvgIpc) is 2.33. The molecular weight excluding hydrogens is 129 g/mol. The van der Waals surface area contributed by atoms with Crippen molar-refractivity contribution in [3.05, 3.63) is 0 Å². The van der Waals surface area contributed by atoms with Gasteiger partial charge in [-0.25, -0.2) is 0 Å². The molecule has 9 heavy (non-hydrogen) atoms. The molecule has 2 rings (SSSR count). The molecule has 3 unspecified atom stereocenters. The average molecular weight is 143 g/mol. The number of rotatable bonds is 0. The highest BCUT2D eigenvalue weighted by atomic mass is 31.1. The highest BCUT2D eigenvalue weighted by molar-refractivity contribution is 7.39.